The maximum atomic E-state index is 12.3. The Balaban J connectivity index is 2.11. The molecule has 2 N–H and O–H groups in total. The van der Waals surface area contributed by atoms with Crippen LogP contribution in [0.2, 0.25) is 5.02 Å². The van der Waals surface area contributed by atoms with E-state index < -0.39 is 0 Å². The van der Waals surface area contributed by atoms with E-state index >= 15 is 0 Å². The van der Waals surface area contributed by atoms with Gasteiger partial charge in [-0.25, -0.2) is 0 Å². The van der Waals surface area contributed by atoms with E-state index in [0.717, 1.165) is 5.56 Å². The van der Waals surface area contributed by atoms with Gasteiger partial charge in [0.05, 0.1) is 0 Å². The standard InChI is InChI=1S/C18H19ClN2O2/c1-11(2)20-17(22)13-7-9-14(10-8-13)18(23)21-16-6-4-5-15(19)12(16)3/h4-11H,1-3H3,(H,20,22)(H,21,23). The summed E-state index contributed by atoms with van der Waals surface area (Å²) in [4.78, 5) is 24.2. The SMILES string of the molecule is Cc1c(Cl)cccc1NC(=O)c1ccc(C(=O)NC(C)C)cc1. The van der Waals surface area contributed by atoms with E-state index in [1.807, 2.05) is 20.8 Å². The smallest absolute Gasteiger partial charge is 0.255 e. The van der Waals surface area contributed by atoms with Crippen molar-refractivity contribution in [2.45, 2.75) is 26.8 Å². The van der Waals surface area contributed by atoms with E-state index in [9.17, 15) is 9.59 Å². The van der Waals surface area contributed by atoms with Crippen LogP contribution in [-0.4, -0.2) is 17.9 Å². The van der Waals surface area contributed by atoms with Gasteiger partial charge in [0.15, 0.2) is 0 Å². The predicted molar refractivity (Wildman–Crippen MR) is 93.2 cm³/mol. The van der Waals surface area contributed by atoms with Gasteiger partial charge < -0.3 is 10.6 Å². The minimum Gasteiger partial charge on any atom is -0.350 e. The van der Waals surface area contributed by atoms with Crippen molar-refractivity contribution in [1.82, 2.24) is 5.32 Å². The van der Waals surface area contributed by atoms with E-state index in [2.05, 4.69) is 10.6 Å². The van der Waals surface area contributed by atoms with Crippen molar-refractivity contribution in [3.8, 4) is 0 Å². The summed E-state index contributed by atoms with van der Waals surface area (Å²) in [7, 11) is 0. The molecule has 0 radical (unpaired) electrons. The predicted octanol–water partition coefficient (Wildman–Crippen LogP) is 4.04. The topological polar surface area (TPSA) is 58.2 Å². The third-order valence-corrected chi connectivity index (χ3v) is 3.75. The molecule has 0 unspecified atom stereocenters. The quantitative estimate of drug-likeness (QED) is 0.888. The molecule has 0 spiro atoms. The molecular weight excluding hydrogens is 312 g/mol. The maximum absolute atomic E-state index is 12.3. The van der Waals surface area contributed by atoms with Crippen LogP contribution in [-0.2, 0) is 0 Å². The van der Waals surface area contributed by atoms with Crippen molar-refractivity contribution in [3.05, 3.63) is 64.2 Å². The second-order valence-corrected chi connectivity index (χ2v) is 5.98. The Kier molecular flexibility index (Phi) is 5.40. The van der Waals surface area contributed by atoms with Crippen LogP contribution in [0.5, 0.6) is 0 Å². The Labute approximate surface area is 140 Å². The molecule has 0 aromatic heterocycles. The third-order valence-electron chi connectivity index (χ3n) is 3.34. The van der Waals surface area contributed by atoms with Crippen LogP contribution in [0.25, 0.3) is 0 Å². The van der Waals surface area contributed by atoms with Gasteiger partial charge in [0, 0.05) is 27.9 Å². The van der Waals surface area contributed by atoms with Gasteiger partial charge in [-0.15, -0.1) is 0 Å². The molecule has 0 heterocycles. The lowest BCUT2D eigenvalue weighted by Crippen LogP contribution is -2.30. The number of nitrogens with one attached hydrogen (secondary N) is 2. The molecule has 0 saturated carbocycles. The van der Waals surface area contributed by atoms with Gasteiger partial charge in [-0.1, -0.05) is 17.7 Å². The molecule has 0 aliphatic carbocycles. The Morgan fingerprint density at radius 2 is 1.52 bits per heavy atom. The molecule has 0 atom stereocenters. The third kappa shape index (κ3) is 4.33. The normalized spacial score (nSPS) is 10.5. The number of anilines is 1. The molecule has 0 aliphatic rings. The zero-order valence-corrected chi connectivity index (χ0v) is 14.1. The highest BCUT2D eigenvalue weighted by molar-refractivity contribution is 6.31. The lowest BCUT2D eigenvalue weighted by atomic mass is 10.1. The van der Waals surface area contributed by atoms with Gasteiger partial charge in [0.1, 0.15) is 0 Å². The van der Waals surface area contributed by atoms with Crippen LogP contribution >= 0.6 is 11.6 Å². The highest BCUT2D eigenvalue weighted by Gasteiger charge is 2.11. The van der Waals surface area contributed by atoms with E-state index in [1.54, 1.807) is 42.5 Å². The van der Waals surface area contributed by atoms with E-state index in [1.165, 1.54) is 0 Å². The van der Waals surface area contributed by atoms with E-state index in [4.69, 9.17) is 11.6 Å². The first kappa shape index (κ1) is 17.0. The highest BCUT2D eigenvalue weighted by Crippen LogP contribution is 2.23. The number of carbonyl (C=O) groups is 2. The summed E-state index contributed by atoms with van der Waals surface area (Å²) in [5.41, 5.74) is 2.49. The summed E-state index contributed by atoms with van der Waals surface area (Å²) >= 11 is 6.04. The number of hydrogen-bond acceptors (Lipinski definition) is 2. The molecule has 5 heteroatoms. The summed E-state index contributed by atoms with van der Waals surface area (Å²) in [6.07, 6.45) is 0. The fourth-order valence-corrected chi connectivity index (χ4v) is 2.23. The van der Waals surface area contributed by atoms with Crippen LogP contribution in [0.1, 0.15) is 40.1 Å². The van der Waals surface area contributed by atoms with Crippen molar-refractivity contribution in [2.75, 3.05) is 5.32 Å². The fourth-order valence-electron chi connectivity index (χ4n) is 2.06. The Bertz CT molecular complexity index is 724. The van der Waals surface area contributed by atoms with Gasteiger partial charge in [-0.3, -0.25) is 9.59 Å². The minimum absolute atomic E-state index is 0.0660. The molecule has 0 aliphatic heterocycles. The molecule has 0 saturated heterocycles. The number of halogens is 1. The highest BCUT2D eigenvalue weighted by atomic mass is 35.5. The zero-order chi connectivity index (χ0) is 17.0. The van der Waals surface area contributed by atoms with Crippen LogP contribution in [0.15, 0.2) is 42.5 Å². The first-order valence-corrected chi connectivity index (χ1v) is 7.73. The van der Waals surface area contributed by atoms with Gasteiger partial charge >= 0.3 is 0 Å². The van der Waals surface area contributed by atoms with Crippen LogP contribution < -0.4 is 10.6 Å². The van der Waals surface area contributed by atoms with Crippen molar-refractivity contribution in [3.63, 3.8) is 0 Å². The van der Waals surface area contributed by atoms with Crippen molar-refractivity contribution in [1.29, 1.82) is 0 Å². The summed E-state index contributed by atoms with van der Waals surface area (Å²) in [5.74, 6) is -0.399. The van der Waals surface area contributed by atoms with E-state index in [-0.39, 0.29) is 17.9 Å². The summed E-state index contributed by atoms with van der Waals surface area (Å²) in [6, 6.07) is 11.9. The minimum atomic E-state index is -0.244. The average Bonchev–Trinajstić information content (AvgIpc) is 2.51. The number of carbonyl (C=O) groups excluding carboxylic acids is 2. The largest absolute Gasteiger partial charge is 0.350 e. The second kappa shape index (κ2) is 7.29. The lowest BCUT2D eigenvalue weighted by Gasteiger charge is -2.11. The number of amides is 2. The van der Waals surface area contributed by atoms with E-state index in [0.29, 0.717) is 21.8 Å². The fraction of sp³-hybridized carbons (Fsp3) is 0.222. The molecule has 4 nitrogen and oxygen atoms in total. The first-order valence-electron chi connectivity index (χ1n) is 7.36. The van der Waals surface area contributed by atoms with Gasteiger partial charge in [0.25, 0.3) is 11.8 Å². The number of rotatable bonds is 4. The van der Waals surface area contributed by atoms with Crippen molar-refractivity contribution >= 4 is 29.1 Å². The van der Waals surface area contributed by atoms with Crippen LogP contribution in [0.3, 0.4) is 0 Å². The van der Waals surface area contributed by atoms with Gasteiger partial charge in [-0.2, -0.15) is 0 Å². The average molecular weight is 331 g/mol. The molecule has 2 aromatic rings. The Morgan fingerprint density at radius 1 is 0.957 bits per heavy atom. The molecule has 120 valence electrons. The summed E-state index contributed by atoms with van der Waals surface area (Å²) in [5, 5.41) is 6.23. The van der Waals surface area contributed by atoms with Gasteiger partial charge in [0.2, 0.25) is 0 Å². The number of benzene rings is 2. The summed E-state index contributed by atoms with van der Waals surface area (Å²) in [6.45, 7) is 5.64. The Morgan fingerprint density at radius 3 is 2.09 bits per heavy atom. The molecule has 2 aromatic carbocycles. The van der Waals surface area contributed by atoms with Crippen LogP contribution in [0, 0.1) is 6.92 Å². The second-order valence-electron chi connectivity index (χ2n) is 5.57. The lowest BCUT2D eigenvalue weighted by molar-refractivity contribution is 0.0941. The van der Waals surface area contributed by atoms with Crippen LogP contribution in [0.4, 0.5) is 5.69 Å². The Hall–Kier alpha value is -2.33. The first-order chi connectivity index (χ1) is 10.9. The van der Waals surface area contributed by atoms with Gasteiger partial charge in [-0.05, 0) is 62.7 Å². The molecule has 23 heavy (non-hydrogen) atoms. The molecule has 2 amide bonds. The van der Waals surface area contributed by atoms with Crippen molar-refractivity contribution in [2.24, 2.45) is 0 Å². The maximum Gasteiger partial charge on any atom is 0.255 e. The number of hydrogen-bond donors (Lipinski definition) is 2. The zero-order valence-electron chi connectivity index (χ0n) is 13.3. The van der Waals surface area contributed by atoms with Crippen molar-refractivity contribution < 1.29 is 9.59 Å². The summed E-state index contributed by atoms with van der Waals surface area (Å²) < 4.78 is 0. The monoisotopic (exact) mass is 330 g/mol. The molecule has 2 rings (SSSR count). The molecule has 0 bridgehead atoms. The molecule has 0 fully saturated rings. The molecular formula is C18H19ClN2O2.